The third kappa shape index (κ3) is 5.15. The van der Waals surface area contributed by atoms with Gasteiger partial charge in [-0.25, -0.2) is 0 Å². The van der Waals surface area contributed by atoms with E-state index in [-0.39, 0.29) is 18.4 Å². The second kappa shape index (κ2) is 8.79. The summed E-state index contributed by atoms with van der Waals surface area (Å²) in [7, 11) is 0. The van der Waals surface area contributed by atoms with Crippen LogP contribution in [-0.2, 0) is 9.59 Å². The molecular formula is C21H18N2O2S2. The number of carbonyl (C=O) groups excluding carboxylic acids is 2. The summed E-state index contributed by atoms with van der Waals surface area (Å²) in [5, 5.41) is 2.78. The van der Waals surface area contributed by atoms with Crippen molar-refractivity contribution in [2.45, 2.75) is 6.92 Å². The van der Waals surface area contributed by atoms with Crippen molar-refractivity contribution in [3.8, 4) is 0 Å². The summed E-state index contributed by atoms with van der Waals surface area (Å²) in [6.45, 7) is 1.88. The van der Waals surface area contributed by atoms with Gasteiger partial charge in [0, 0.05) is 5.69 Å². The maximum atomic E-state index is 12.5. The number of carbonyl (C=O) groups is 2. The Hall–Kier alpha value is -2.70. The van der Waals surface area contributed by atoms with E-state index in [1.54, 1.807) is 6.08 Å². The molecular weight excluding hydrogens is 376 g/mol. The van der Waals surface area contributed by atoms with Gasteiger partial charge in [-0.3, -0.25) is 14.5 Å². The number of hydrogen-bond donors (Lipinski definition) is 1. The molecule has 0 spiro atoms. The molecule has 4 nitrogen and oxygen atoms in total. The van der Waals surface area contributed by atoms with Gasteiger partial charge in [0.15, 0.2) is 0 Å². The number of benzene rings is 2. The smallest absolute Gasteiger partial charge is 0.266 e. The van der Waals surface area contributed by atoms with Gasteiger partial charge in [0.1, 0.15) is 10.9 Å². The van der Waals surface area contributed by atoms with E-state index >= 15 is 0 Å². The van der Waals surface area contributed by atoms with Crippen LogP contribution in [0.5, 0.6) is 0 Å². The number of allylic oxidation sites excluding steroid dienone is 2. The molecule has 1 saturated heterocycles. The van der Waals surface area contributed by atoms with Crippen molar-refractivity contribution < 1.29 is 9.59 Å². The molecule has 3 rings (SSSR count). The van der Waals surface area contributed by atoms with Gasteiger partial charge >= 0.3 is 0 Å². The summed E-state index contributed by atoms with van der Waals surface area (Å²) in [5.74, 6) is -0.530. The van der Waals surface area contributed by atoms with Crippen molar-refractivity contribution in [3.63, 3.8) is 0 Å². The Morgan fingerprint density at radius 1 is 1.15 bits per heavy atom. The molecule has 0 saturated carbocycles. The number of nitrogens with one attached hydrogen (secondary N) is 1. The zero-order chi connectivity index (χ0) is 19.2. The van der Waals surface area contributed by atoms with E-state index in [2.05, 4.69) is 5.32 Å². The van der Waals surface area contributed by atoms with Crippen LogP contribution in [0.25, 0.3) is 6.08 Å². The lowest BCUT2D eigenvalue weighted by atomic mass is 10.2. The van der Waals surface area contributed by atoms with Gasteiger partial charge in [-0.05, 0) is 30.7 Å². The lowest BCUT2D eigenvalue weighted by Crippen LogP contribution is -2.36. The second-order valence-corrected chi connectivity index (χ2v) is 7.65. The van der Waals surface area contributed by atoms with Gasteiger partial charge in [0.2, 0.25) is 5.91 Å². The fourth-order valence-electron chi connectivity index (χ4n) is 2.44. The third-order valence-electron chi connectivity index (χ3n) is 3.85. The number of amides is 2. The zero-order valence-electron chi connectivity index (χ0n) is 14.7. The van der Waals surface area contributed by atoms with Crippen LogP contribution in [0.15, 0.2) is 71.7 Å². The molecule has 1 heterocycles. The maximum absolute atomic E-state index is 12.5. The van der Waals surface area contributed by atoms with Gasteiger partial charge in [-0.1, -0.05) is 84.2 Å². The molecule has 136 valence electrons. The average Bonchev–Trinajstić information content (AvgIpc) is 2.92. The van der Waals surface area contributed by atoms with Crippen molar-refractivity contribution in [1.29, 1.82) is 0 Å². The molecule has 27 heavy (non-hydrogen) atoms. The Morgan fingerprint density at radius 2 is 1.85 bits per heavy atom. The first-order chi connectivity index (χ1) is 13.0. The quantitative estimate of drug-likeness (QED) is 0.604. The first kappa shape index (κ1) is 19.1. The lowest BCUT2D eigenvalue weighted by Gasteiger charge is -2.14. The monoisotopic (exact) mass is 394 g/mol. The van der Waals surface area contributed by atoms with E-state index < -0.39 is 0 Å². The van der Waals surface area contributed by atoms with Crippen LogP contribution < -0.4 is 5.32 Å². The molecule has 0 unspecified atom stereocenters. The van der Waals surface area contributed by atoms with Gasteiger partial charge in [0.05, 0.1) is 4.91 Å². The Bertz CT molecular complexity index is 919. The van der Waals surface area contributed by atoms with Crippen LogP contribution in [0, 0.1) is 6.92 Å². The first-order valence-corrected chi connectivity index (χ1v) is 9.59. The molecule has 2 aromatic carbocycles. The van der Waals surface area contributed by atoms with Crippen molar-refractivity contribution in [2.75, 3.05) is 11.9 Å². The summed E-state index contributed by atoms with van der Waals surface area (Å²) in [6, 6.07) is 17.3. The molecule has 0 bridgehead atoms. The molecule has 6 heteroatoms. The fourth-order valence-corrected chi connectivity index (χ4v) is 3.65. The summed E-state index contributed by atoms with van der Waals surface area (Å²) >= 11 is 6.47. The highest BCUT2D eigenvalue weighted by Crippen LogP contribution is 2.30. The van der Waals surface area contributed by atoms with Crippen LogP contribution in [0.2, 0.25) is 0 Å². The second-order valence-electron chi connectivity index (χ2n) is 5.97. The minimum atomic E-state index is -0.281. The first-order valence-electron chi connectivity index (χ1n) is 8.36. The van der Waals surface area contributed by atoms with E-state index in [1.165, 1.54) is 16.7 Å². The summed E-state index contributed by atoms with van der Waals surface area (Å²) in [4.78, 5) is 26.6. The summed E-state index contributed by atoms with van der Waals surface area (Å²) < 4.78 is 0.387. The zero-order valence-corrected chi connectivity index (χ0v) is 16.3. The average molecular weight is 395 g/mol. The predicted molar refractivity (Wildman–Crippen MR) is 115 cm³/mol. The van der Waals surface area contributed by atoms with E-state index in [9.17, 15) is 9.59 Å². The molecule has 1 aliphatic rings. The van der Waals surface area contributed by atoms with Gasteiger partial charge in [-0.15, -0.1) is 0 Å². The number of thioether (sulfide) groups is 1. The third-order valence-corrected chi connectivity index (χ3v) is 5.24. The number of nitrogens with zero attached hydrogens (tertiary/aromatic N) is 1. The largest absolute Gasteiger partial charge is 0.325 e. The Labute approximate surface area is 168 Å². The van der Waals surface area contributed by atoms with E-state index in [4.69, 9.17) is 12.2 Å². The molecule has 0 atom stereocenters. The van der Waals surface area contributed by atoms with Crippen LogP contribution in [0.1, 0.15) is 11.1 Å². The molecule has 1 fully saturated rings. The molecule has 0 aliphatic carbocycles. The van der Waals surface area contributed by atoms with E-state index in [0.717, 1.165) is 11.1 Å². The Morgan fingerprint density at radius 3 is 2.56 bits per heavy atom. The number of thiocarbonyl (C=S) groups is 1. The summed E-state index contributed by atoms with van der Waals surface area (Å²) in [6.07, 6.45) is 5.45. The maximum Gasteiger partial charge on any atom is 0.266 e. The van der Waals surface area contributed by atoms with Gasteiger partial charge in [-0.2, -0.15) is 0 Å². The van der Waals surface area contributed by atoms with Crippen molar-refractivity contribution in [2.24, 2.45) is 0 Å². The number of rotatable bonds is 5. The standard InChI is InChI=1S/C21H18N2O2S2/c1-15-10-12-17(13-11-15)22-19(24)14-23-20(25)18(27-21(23)26)9-5-8-16-6-3-2-4-7-16/h2-13H,14H2,1H3,(H,22,24). The minimum absolute atomic E-state index is 0.0989. The van der Waals surface area contributed by atoms with Crippen molar-refractivity contribution >= 4 is 51.9 Å². The van der Waals surface area contributed by atoms with Crippen molar-refractivity contribution in [3.05, 3.63) is 82.8 Å². The topological polar surface area (TPSA) is 49.4 Å². The minimum Gasteiger partial charge on any atom is -0.325 e. The SMILES string of the molecule is Cc1ccc(NC(=O)CN2C(=O)C(=CC=Cc3ccccc3)SC2=S)cc1. The number of aryl methyl sites for hydroxylation is 1. The van der Waals surface area contributed by atoms with Crippen LogP contribution in [0.3, 0.4) is 0 Å². The highest BCUT2D eigenvalue weighted by molar-refractivity contribution is 8.26. The molecule has 2 amide bonds. The van der Waals surface area contributed by atoms with E-state index in [1.807, 2.05) is 73.7 Å². The predicted octanol–water partition coefficient (Wildman–Crippen LogP) is 4.39. The normalized spacial score (nSPS) is 15.7. The van der Waals surface area contributed by atoms with E-state index in [0.29, 0.717) is 14.9 Å². The van der Waals surface area contributed by atoms with Crippen LogP contribution >= 0.6 is 24.0 Å². The molecule has 1 aliphatic heterocycles. The highest BCUT2D eigenvalue weighted by Gasteiger charge is 2.32. The van der Waals surface area contributed by atoms with Crippen LogP contribution in [0.4, 0.5) is 5.69 Å². The molecule has 1 N–H and O–H groups in total. The van der Waals surface area contributed by atoms with Crippen molar-refractivity contribution in [1.82, 2.24) is 4.90 Å². The Balaban J connectivity index is 1.61. The number of anilines is 1. The summed E-state index contributed by atoms with van der Waals surface area (Å²) in [5.41, 5.74) is 2.85. The fraction of sp³-hybridized carbons (Fsp3) is 0.0952. The molecule has 2 aromatic rings. The van der Waals surface area contributed by atoms with Gasteiger partial charge < -0.3 is 5.32 Å². The molecule has 0 radical (unpaired) electrons. The Kier molecular flexibility index (Phi) is 6.21. The number of hydrogen-bond acceptors (Lipinski definition) is 4. The van der Waals surface area contributed by atoms with Gasteiger partial charge in [0.25, 0.3) is 5.91 Å². The highest BCUT2D eigenvalue weighted by atomic mass is 32.2. The molecule has 0 aromatic heterocycles. The van der Waals surface area contributed by atoms with Crippen LogP contribution in [-0.4, -0.2) is 27.6 Å². The lowest BCUT2D eigenvalue weighted by molar-refractivity contribution is -0.126.